The zero-order valence-corrected chi connectivity index (χ0v) is 9.66. The molecule has 0 spiro atoms. The number of rotatable bonds is 5. The van der Waals surface area contributed by atoms with E-state index in [1.54, 1.807) is 6.08 Å². The molecule has 0 unspecified atom stereocenters. The maximum Gasteiger partial charge on any atom is 0.328 e. The third-order valence-corrected chi connectivity index (χ3v) is 2.34. The Hall–Kier alpha value is -1.61. The van der Waals surface area contributed by atoms with Crippen molar-refractivity contribution < 1.29 is 9.90 Å². The Kier molecular flexibility index (Phi) is 4.73. The van der Waals surface area contributed by atoms with Crippen molar-refractivity contribution in [2.75, 3.05) is 6.54 Å². The van der Waals surface area contributed by atoms with E-state index in [-0.39, 0.29) is 0 Å². The molecule has 0 aromatic heterocycles. The third-order valence-electron chi connectivity index (χ3n) is 2.34. The van der Waals surface area contributed by atoms with Crippen molar-refractivity contribution in [3.05, 3.63) is 47.0 Å². The second kappa shape index (κ2) is 6.08. The van der Waals surface area contributed by atoms with Gasteiger partial charge < -0.3 is 10.4 Å². The molecule has 1 aromatic rings. The van der Waals surface area contributed by atoms with Gasteiger partial charge in [0, 0.05) is 19.2 Å². The quantitative estimate of drug-likeness (QED) is 0.588. The van der Waals surface area contributed by atoms with Crippen LogP contribution in [0.3, 0.4) is 0 Å². The predicted molar refractivity (Wildman–Crippen MR) is 64.4 cm³/mol. The molecule has 1 aromatic carbocycles. The fourth-order valence-corrected chi connectivity index (χ4v) is 1.49. The Bertz CT molecular complexity index is 397. The Morgan fingerprint density at radius 2 is 2.19 bits per heavy atom. The van der Waals surface area contributed by atoms with Crippen molar-refractivity contribution in [1.82, 2.24) is 5.32 Å². The highest BCUT2D eigenvalue weighted by Crippen LogP contribution is 2.09. The molecule has 0 heterocycles. The molecule has 0 radical (unpaired) electrons. The van der Waals surface area contributed by atoms with Crippen molar-refractivity contribution in [1.29, 1.82) is 0 Å². The molecule has 0 saturated heterocycles. The summed E-state index contributed by atoms with van der Waals surface area (Å²) in [7, 11) is 0. The van der Waals surface area contributed by atoms with Gasteiger partial charge in [-0.2, -0.15) is 0 Å². The number of hydrogen-bond donors (Lipinski definition) is 2. The van der Waals surface area contributed by atoms with E-state index < -0.39 is 5.97 Å². The number of aliphatic carboxylic acids is 1. The maximum absolute atomic E-state index is 10.2. The van der Waals surface area contributed by atoms with Crippen LogP contribution < -0.4 is 5.32 Å². The summed E-state index contributed by atoms with van der Waals surface area (Å²) in [4.78, 5) is 10.2. The number of benzene rings is 1. The SMILES string of the molecule is Cc1ccc(CNC/C=C/C(=O)O)c(C)c1. The molecule has 1 rings (SSSR count). The first-order chi connectivity index (χ1) is 7.59. The second-order valence-corrected chi connectivity index (χ2v) is 3.80. The topological polar surface area (TPSA) is 49.3 Å². The first-order valence-corrected chi connectivity index (χ1v) is 5.26. The van der Waals surface area contributed by atoms with Gasteiger partial charge in [-0.1, -0.05) is 29.8 Å². The molecule has 2 N–H and O–H groups in total. The molecule has 0 atom stereocenters. The first-order valence-electron chi connectivity index (χ1n) is 5.26. The van der Waals surface area contributed by atoms with E-state index in [0.717, 1.165) is 12.6 Å². The lowest BCUT2D eigenvalue weighted by atomic mass is 10.1. The van der Waals surface area contributed by atoms with E-state index in [2.05, 4.69) is 37.4 Å². The van der Waals surface area contributed by atoms with Gasteiger partial charge in [0.1, 0.15) is 0 Å². The van der Waals surface area contributed by atoms with Crippen LogP contribution in [0, 0.1) is 13.8 Å². The Morgan fingerprint density at radius 3 is 2.81 bits per heavy atom. The largest absolute Gasteiger partial charge is 0.478 e. The van der Waals surface area contributed by atoms with Crippen LogP contribution in [0.25, 0.3) is 0 Å². The van der Waals surface area contributed by atoms with Gasteiger partial charge in [-0.15, -0.1) is 0 Å². The minimum atomic E-state index is -0.909. The molecule has 0 aliphatic rings. The minimum Gasteiger partial charge on any atom is -0.478 e. The van der Waals surface area contributed by atoms with Crippen LogP contribution in [0.2, 0.25) is 0 Å². The molecule has 0 bridgehead atoms. The van der Waals surface area contributed by atoms with Gasteiger partial charge in [-0.3, -0.25) is 0 Å². The highest BCUT2D eigenvalue weighted by atomic mass is 16.4. The molecular weight excluding hydrogens is 202 g/mol. The summed E-state index contributed by atoms with van der Waals surface area (Å²) in [6.07, 6.45) is 2.75. The molecule has 0 amide bonds. The highest BCUT2D eigenvalue weighted by Gasteiger charge is 1.96. The fraction of sp³-hybridized carbons (Fsp3) is 0.308. The summed E-state index contributed by atoms with van der Waals surface area (Å²) >= 11 is 0. The number of carboxylic acid groups (broad SMARTS) is 1. The standard InChI is InChI=1S/C13H17NO2/c1-10-5-6-12(11(2)8-10)9-14-7-3-4-13(15)16/h3-6,8,14H,7,9H2,1-2H3,(H,15,16)/b4-3+. The summed E-state index contributed by atoms with van der Waals surface area (Å²) in [6.45, 7) is 5.48. The average molecular weight is 219 g/mol. The smallest absolute Gasteiger partial charge is 0.328 e. The van der Waals surface area contributed by atoms with Gasteiger partial charge in [0.15, 0.2) is 0 Å². The molecule has 0 aliphatic carbocycles. The van der Waals surface area contributed by atoms with Crippen LogP contribution in [0.1, 0.15) is 16.7 Å². The van der Waals surface area contributed by atoms with Gasteiger partial charge in [0.25, 0.3) is 0 Å². The summed E-state index contributed by atoms with van der Waals surface area (Å²) < 4.78 is 0. The van der Waals surface area contributed by atoms with Gasteiger partial charge >= 0.3 is 5.97 Å². The van der Waals surface area contributed by atoms with Crippen LogP contribution in [0.5, 0.6) is 0 Å². The van der Waals surface area contributed by atoms with Crippen molar-refractivity contribution in [2.45, 2.75) is 20.4 Å². The van der Waals surface area contributed by atoms with Gasteiger partial charge in [-0.05, 0) is 25.0 Å². The van der Waals surface area contributed by atoms with E-state index in [4.69, 9.17) is 5.11 Å². The zero-order chi connectivity index (χ0) is 12.0. The van der Waals surface area contributed by atoms with Gasteiger partial charge in [-0.25, -0.2) is 4.79 Å². The van der Waals surface area contributed by atoms with Crippen molar-refractivity contribution in [3.8, 4) is 0 Å². The van der Waals surface area contributed by atoms with Crippen molar-refractivity contribution in [2.24, 2.45) is 0 Å². The first kappa shape index (κ1) is 12.5. The van der Waals surface area contributed by atoms with E-state index in [0.29, 0.717) is 6.54 Å². The second-order valence-electron chi connectivity index (χ2n) is 3.80. The van der Waals surface area contributed by atoms with Crippen LogP contribution >= 0.6 is 0 Å². The lowest BCUT2D eigenvalue weighted by Gasteiger charge is -2.06. The molecule has 0 fully saturated rings. The summed E-state index contributed by atoms with van der Waals surface area (Å²) in [6, 6.07) is 6.32. The van der Waals surface area contributed by atoms with E-state index in [9.17, 15) is 4.79 Å². The van der Waals surface area contributed by atoms with E-state index in [1.807, 2.05) is 0 Å². The number of carbonyl (C=O) groups is 1. The molecule has 16 heavy (non-hydrogen) atoms. The summed E-state index contributed by atoms with van der Waals surface area (Å²) in [5.74, 6) is -0.909. The fourth-order valence-electron chi connectivity index (χ4n) is 1.49. The molecular formula is C13H17NO2. The summed E-state index contributed by atoms with van der Waals surface area (Å²) in [5, 5.41) is 11.6. The zero-order valence-electron chi connectivity index (χ0n) is 9.66. The monoisotopic (exact) mass is 219 g/mol. The Labute approximate surface area is 95.8 Å². The molecule has 86 valence electrons. The van der Waals surface area contributed by atoms with Crippen LogP contribution in [0.15, 0.2) is 30.4 Å². The van der Waals surface area contributed by atoms with E-state index in [1.165, 1.54) is 16.7 Å². The Balaban J connectivity index is 2.40. The third kappa shape index (κ3) is 4.28. The molecule has 0 aliphatic heterocycles. The maximum atomic E-state index is 10.2. The normalized spacial score (nSPS) is 10.9. The lowest BCUT2D eigenvalue weighted by Crippen LogP contribution is -2.14. The number of aryl methyl sites for hydroxylation is 2. The molecule has 3 heteroatoms. The molecule has 0 saturated carbocycles. The predicted octanol–water partition coefficient (Wildman–Crippen LogP) is 2.03. The van der Waals surface area contributed by atoms with Crippen LogP contribution in [0.4, 0.5) is 0 Å². The molecule has 3 nitrogen and oxygen atoms in total. The lowest BCUT2D eigenvalue weighted by molar-refractivity contribution is -0.131. The number of hydrogen-bond acceptors (Lipinski definition) is 2. The number of nitrogens with one attached hydrogen (secondary N) is 1. The average Bonchev–Trinajstić information content (AvgIpc) is 2.20. The van der Waals surface area contributed by atoms with E-state index >= 15 is 0 Å². The van der Waals surface area contributed by atoms with Gasteiger partial charge in [0.2, 0.25) is 0 Å². The van der Waals surface area contributed by atoms with Crippen molar-refractivity contribution >= 4 is 5.97 Å². The van der Waals surface area contributed by atoms with Gasteiger partial charge in [0.05, 0.1) is 0 Å². The van der Waals surface area contributed by atoms with Crippen molar-refractivity contribution in [3.63, 3.8) is 0 Å². The number of carboxylic acids is 1. The van der Waals surface area contributed by atoms with Crippen LogP contribution in [-0.2, 0) is 11.3 Å². The van der Waals surface area contributed by atoms with Crippen LogP contribution in [-0.4, -0.2) is 17.6 Å². The minimum absolute atomic E-state index is 0.569. The summed E-state index contributed by atoms with van der Waals surface area (Å²) in [5.41, 5.74) is 3.76. The Morgan fingerprint density at radius 1 is 1.44 bits per heavy atom. The highest BCUT2D eigenvalue weighted by molar-refractivity contribution is 5.79.